The highest BCUT2D eigenvalue weighted by Gasteiger charge is 2.30. The number of aromatic nitrogens is 3. The summed E-state index contributed by atoms with van der Waals surface area (Å²) in [6.45, 7) is 9.10. The second kappa shape index (κ2) is 34.0. The number of hydrogen-bond donors (Lipinski definition) is 8. The lowest BCUT2D eigenvalue weighted by Gasteiger charge is -2.10. The molecule has 29 heteroatoms. The van der Waals surface area contributed by atoms with Crippen LogP contribution in [0.3, 0.4) is 0 Å². The summed E-state index contributed by atoms with van der Waals surface area (Å²) in [5.74, 6) is 3.57. The van der Waals surface area contributed by atoms with Gasteiger partial charge in [0.15, 0.2) is 4.77 Å². The van der Waals surface area contributed by atoms with Gasteiger partial charge in [-0.05, 0) is 62.6 Å². The van der Waals surface area contributed by atoms with Crippen molar-refractivity contribution >= 4 is 279 Å². The number of thiol groups is 6. The normalized spacial score (nSPS) is 16.6. The largest absolute Gasteiger partial charge is 0.380 e. The summed E-state index contributed by atoms with van der Waals surface area (Å²) in [4.78, 5) is 10.8. The molecule has 6 nitrogen and oxygen atoms in total. The van der Waals surface area contributed by atoms with E-state index in [0.29, 0.717) is 18.7 Å². The average molecular weight is 1180 g/mol. The summed E-state index contributed by atoms with van der Waals surface area (Å²) in [7, 11) is 3.83. The first-order valence-corrected chi connectivity index (χ1v) is 31.3. The Morgan fingerprint density at radius 1 is 0.745 bits per heavy atom. The molecule has 0 aliphatic carbocycles. The molecule has 6 rings (SSSR count). The molecule has 2 atom stereocenters. The summed E-state index contributed by atoms with van der Waals surface area (Å²) >= 11 is 66.4. The predicted molar refractivity (Wildman–Crippen MR) is 302 cm³/mol. The summed E-state index contributed by atoms with van der Waals surface area (Å²) in [5.41, 5.74) is 1.55. The van der Waals surface area contributed by atoms with Gasteiger partial charge in [0.25, 0.3) is 0 Å². The molecule has 1 fully saturated rings. The third-order valence-corrected chi connectivity index (χ3v) is 24.9. The van der Waals surface area contributed by atoms with Crippen LogP contribution in [0.2, 0.25) is 0 Å². The van der Waals surface area contributed by atoms with Crippen molar-refractivity contribution < 1.29 is 4.74 Å². The highest BCUT2D eigenvalue weighted by molar-refractivity contribution is 8.78. The Kier molecular flexibility index (Phi) is 35.6. The maximum absolute atomic E-state index is 5.19. The Morgan fingerprint density at radius 3 is 1.45 bits per heavy atom. The van der Waals surface area contributed by atoms with Crippen LogP contribution in [0.4, 0.5) is 0 Å². The summed E-state index contributed by atoms with van der Waals surface area (Å²) in [5, 5.41) is 0. The lowest BCUT2D eigenvalue weighted by molar-refractivity contribution is 0.167. The molecule has 2 unspecified atom stereocenters. The van der Waals surface area contributed by atoms with Crippen LogP contribution in [0.25, 0.3) is 0 Å². The van der Waals surface area contributed by atoms with Gasteiger partial charge in [0.2, 0.25) is 4.77 Å². The molecular weight excluding hydrogens is 1140 g/mol. The van der Waals surface area contributed by atoms with E-state index in [2.05, 4.69) is 118 Å². The summed E-state index contributed by atoms with van der Waals surface area (Å²) in [6.07, 6.45) is 4.30. The molecule has 0 radical (unpaired) electrons. The quantitative estimate of drug-likeness (QED) is 0.0355. The lowest BCUT2D eigenvalue weighted by atomic mass is 10.3. The van der Waals surface area contributed by atoms with Crippen molar-refractivity contribution in [2.75, 3.05) is 56.1 Å². The Hall–Kier alpha value is 4.60. The number of H-pyrrole nitrogens is 2. The molecular formula is C26H39N5OS23. The molecule has 0 amide bonds. The fourth-order valence-corrected chi connectivity index (χ4v) is 23.4. The van der Waals surface area contributed by atoms with E-state index >= 15 is 0 Å². The minimum absolute atomic E-state index is 0.427. The summed E-state index contributed by atoms with van der Waals surface area (Å²) < 4.78 is 18.8. The fourth-order valence-electron chi connectivity index (χ4n) is 2.87. The van der Waals surface area contributed by atoms with Gasteiger partial charge in [-0.25, -0.2) is 4.98 Å². The van der Waals surface area contributed by atoms with Gasteiger partial charge in [0.1, 0.15) is 15.6 Å². The summed E-state index contributed by atoms with van der Waals surface area (Å²) in [6, 6.07) is 0. The number of thioether (sulfide) groups is 4. The van der Waals surface area contributed by atoms with Crippen LogP contribution in [0.5, 0.6) is 0 Å². The van der Waals surface area contributed by atoms with Crippen molar-refractivity contribution in [3.8, 4) is 0 Å². The van der Waals surface area contributed by atoms with Crippen LogP contribution in [0.15, 0.2) is 27.3 Å². The topological polar surface area (TPSA) is 60.2 Å². The number of nitrogens with zero attached hydrogens (tertiary/aromatic N) is 3. The van der Waals surface area contributed by atoms with Crippen molar-refractivity contribution in [3.05, 3.63) is 32.1 Å². The Labute approximate surface area is 434 Å². The first-order valence-electron chi connectivity index (χ1n) is 14.8. The number of aromatic amines is 2. The maximum Gasteiger partial charge on any atom is 0.200 e. The fraction of sp³-hybridized carbons (Fsp3) is 0.538. The van der Waals surface area contributed by atoms with Gasteiger partial charge in [-0.3, -0.25) is 0 Å². The first kappa shape index (κ1) is 57.6. The SMILES string of the molecule is CC1=C(C)SSC1.CSC1SC(=S)SC1SC.Cc1nc(=S)[nH]c(=S)[nH]1.S=c1sc2c(s1)Sc1sc(=S)sc1S2.SCCOCCS.SN(S)CCN(S)S. The van der Waals surface area contributed by atoms with E-state index in [1.165, 1.54) is 34.9 Å². The van der Waals surface area contributed by atoms with Gasteiger partial charge in [0.05, 0.1) is 39.2 Å². The van der Waals surface area contributed by atoms with Gasteiger partial charge >= 0.3 is 0 Å². The number of thiocarbonyl (C=S) groups is 1. The number of hydrogen-bond acceptors (Lipinski definition) is 27. The van der Waals surface area contributed by atoms with E-state index in [0.717, 1.165) is 53.4 Å². The number of allylic oxidation sites excluding steroid dienone is 1. The molecule has 3 aromatic heterocycles. The zero-order valence-corrected chi connectivity index (χ0v) is 48.7. The molecule has 1 saturated heterocycles. The Morgan fingerprint density at radius 2 is 1.18 bits per heavy atom. The van der Waals surface area contributed by atoms with Crippen molar-refractivity contribution in [1.29, 1.82) is 0 Å². The van der Waals surface area contributed by atoms with Gasteiger partial charge in [-0.1, -0.05) is 162 Å². The average Bonchev–Trinajstić information content (AvgIpc) is 3.88. The van der Waals surface area contributed by atoms with Crippen LogP contribution in [-0.4, -0.2) is 91.1 Å². The standard InChI is InChI=1S/C6S8.C5H8S5.C5H8S2.C4H5N3S2.C4H10OS2.C2H8N2S4/c7-5-11-1-2(12-5)10-4-3(9-1)13-6(8)14-4;1-7-3-4(8-2)10-5(6)9-3;1-4-3-6-7-5(4)2;1-2-5-3(8)7-4(9)6-2;6-3-1-5-2-4-7;5-3(6)1-2-4(7)8/h;3-4H,1-2H3;3H2,1-2H3;1H3,(H2,5,6,7,8,9);6-7H,1-4H2;5-8H,1-2H2. The van der Waals surface area contributed by atoms with Gasteiger partial charge in [0, 0.05) is 30.3 Å². The van der Waals surface area contributed by atoms with E-state index < -0.39 is 0 Å². The smallest absolute Gasteiger partial charge is 0.200 e. The third kappa shape index (κ3) is 26.9. The molecule has 6 heterocycles. The molecule has 3 aromatic rings. The van der Waals surface area contributed by atoms with Crippen LogP contribution in [0, 0.1) is 22.7 Å². The molecule has 0 saturated carbocycles. The van der Waals surface area contributed by atoms with Crippen LogP contribution < -0.4 is 0 Å². The minimum Gasteiger partial charge on any atom is -0.380 e. The van der Waals surface area contributed by atoms with E-state index in [9.17, 15) is 0 Å². The van der Waals surface area contributed by atoms with Crippen LogP contribution in [-0.2, 0) is 4.74 Å². The van der Waals surface area contributed by atoms with Gasteiger partial charge in [-0.15, -0.1) is 68.9 Å². The first-order chi connectivity index (χ1) is 26.0. The van der Waals surface area contributed by atoms with Crippen molar-refractivity contribution in [2.45, 2.75) is 46.8 Å². The van der Waals surface area contributed by atoms with E-state index in [-0.39, 0.29) is 0 Å². The third-order valence-electron chi connectivity index (χ3n) is 5.34. The number of ether oxygens (including phenoxy) is 1. The van der Waals surface area contributed by atoms with Crippen molar-refractivity contribution in [3.63, 3.8) is 0 Å². The zero-order chi connectivity index (χ0) is 41.5. The van der Waals surface area contributed by atoms with Gasteiger partial charge < -0.3 is 14.7 Å². The molecule has 3 aliphatic rings. The number of nitrogens with one attached hydrogen (secondary N) is 2. The monoisotopic (exact) mass is 1170 g/mol. The number of rotatable bonds is 9. The molecule has 0 bridgehead atoms. The molecule has 0 spiro atoms. The van der Waals surface area contributed by atoms with E-state index in [4.69, 9.17) is 65.8 Å². The predicted octanol–water partition coefficient (Wildman–Crippen LogP) is 15.1. The molecule has 3 aliphatic heterocycles. The van der Waals surface area contributed by atoms with E-state index in [1.54, 1.807) is 57.8 Å². The number of aryl methyl sites for hydroxylation is 1. The zero-order valence-electron chi connectivity index (χ0n) is 29.5. The Balaban J connectivity index is 0.000000338. The molecule has 2 N–H and O–H groups in total. The minimum atomic E-state index is 0.427. The highest BCUT2D eigenvalue weighted by atomic mass is 33.1. The van der Waals surface area contributed by atoms with E-state index in [1.807, 2.05) is 92.2 Å². The van der Waals surface area contributed by atoms with Crippen LogP contribution in [0.1, 0.15) is 19.7 Å². The Bertz CT molecular complexity index is 1640. The van der Waals surface area contributed by atoms with Crippen LogP contribution >= 0.6 is 275 Å². The maximum atomic E-state index is 5.19. The lowest BCUT2D eigenvalue weighted by Crippen LogP contribution is -2.12. The second-order valence-corrected chi connectivity index (χ2v) is 31.8. The van der Waals surface area contributed by atoms with Gasteiger partial charge in [-0.2, -0.15) is 32.7 Å². The second-order valence-electron chi connectivity index (χ2n) is 9.47. The van der Waals surface area contributed by atoms with Crippen molar-refractivity contribution in [2.24, 2.45) is 0 Å². The molecule has 312 valence electrons. The molecule has 55 heavy (non-hydrogen) atoms. The van der Waals surface area contributed by atoms with Crippen molar-refractivity contribution in [1.82, 2.24) is 22.4 Å². The number of fused-ring (bicyclic) bond motifs is 2. The highest BCUT2D eigenvalue weighted by Crippen LogP contribution is 2.57. The molecule has 0 aromatic carbocycles.